The average molecular weight is 240 g/mol. The summed E-state index contributed by atoms with van der Waals surface area (Å²) in [4.78, 5) is 24.7. The van der Waals surface area contributed by atoms with E-state index in [2.05, 4.69) is 19.2 Å². The molecule has 1 heterocycles. The van der Waals surface area contributed by atoms with Crippen molar-refractivity contribution in [2.75, 3.05) is 19.6 Å². The molecule has 4 nitrogen and oxygen atoms in total. The molecule has 2 amide bonds. The lowest BCUT2D eigenvalue weighted by atomic mass is 10.1. The molecule has 1 N–H and O–H groups in total. The van der Waals surface area contributed by atoms with Gasteiger partial charge in [-0.3, -0.25) is 9.59 Å². The van der Waals surface area contributed by atoms with E-state index in [1.54, 1.807) is 11.8 Å². The van der Waals surface area contributed by atoms with Crippen molar-refractivity contribution in [1.29, 1.82) is 0 Å². The number of hydrogen-bond donors (Lipinski definition) is 1. The van der Waals surface area contributed by atoms with Crippen LogP contribution in [0.4, 0.5) is 0 Å². The van der Waals surface area contributed by atoms with Crippen molar-refractivity contribution in [3.05, 3.63) is 0 Å². The summed E-state index contributed by atoms with van der Waals surface area (Å²) in [5.41, 5.74) is 0. The third-order valence-corrected chi connectivity index (χ3v) is 3.26. The molecule has 1 saturated heterocycles. The number of carbonyl (C=O) groups excluding carboxylic acids is 2. The summed E-state index contributed by atoms with van der Waals surface area (Å²) in [6.45, 7) is 7.99. The Kier molecular flexibility index (Phi) is 5.45. The lowest BCUT2D eigenvalue weighted by Gasteiger charge is -2.14. The summed E-state index contributed by atoms with van der Waals surface area (Å²) < 4.78 is 0. The second kappa shape index (κ2) is 6.62. The monoisotopic (exact) mass is 240 g/mol. The summed E-state index contributed by atoms with van der Waals surface area (Å²) in [6.07, 6.45) is 2.98. The Labute approximate surface area is 104 Å². The second-order valence-corrected chi connectivity index (χ2v) is 5.28. The topological polar surface area (TPSA) is 49.4 Å². The van der Waals surface area contributed by atoms with Crippen molar-refractivity contribution in [2.24, 2.45) is 11.8 Å². The highest BCUT2D eigenvalue weighted by atomic mass is 16.2. The summed E-state index contributed by atoms with van der Waals surface area (Å²) in [5, 5.41) is 2.96. The number of rotatable bonds is 5. The standard InChI is InChI=1S/C13H24N2O2/c1-10(2)5-4-7-14-13(17)12-6-8-15(9-12)11(3)16/h10,12H,4-9H2,1-3H3,(H,14,17). The molecule has 1 aliphatic rings. The molecule has 0 aromatic rings. The number of amides is 2. The molecule has 1 rings (SSSR count). The molecule has 0 aliphatic carbocycles. The van der Waals surface area contributed by atoms with Crippen LogP contribution in [0, 0.1) is 11.8 Å². The van der Waals surface area contributed by atoms with Crippen LogP contribution in [-0.4, -0.2) is 36.3 Å². The van der Waals surface area contributed by atoms with Gasteiger partial charge in [0.15, 0.2) is 0 Å². The predicted molar refractivity (Wildman–Crippen MR) is 67.4 cm³/mol. The van der Waals surface area contributed by atoms with Gasteiger partial charge < -0.3 is 10.2 Å². The van der Waals surface area contributed by atoms with Gasteiger partial charge in [0.1, 0.15) is 0 Å². The van der Waals surface area contributed by atoms with Gasteiger partial charge in [-0.1, -0.05) is 13.8 Å². The number of carbonyl (C=O) groups is 2. The van der Waals surface area contributed by atoms with Gasteiger partial charge in [0.25, 0.3) is 0 Å². The van der Waals surface area contributed by atoms with E-state index in [0.29, 0.717) is 12.5 Å². The lowest BCUT2D eigenvalue weighted by molar-refractivity contribution is -0.128. The number of nitrogens with zero attached hydrogens (tertiary/aromatic N) is 1. The minimum absolute atomic E-state index is 0.00190. The maximum atomic E-state index is 11.8. The highest BCUT2D eigenvalue weighted by molar-refractivity contribution is 5.81. The first-order chi connectivity index (χ1) is 8.00. The molecule has 98 valence electrons. The van der Waals surface area contributed by atoms with Gasteiger partial charge in [-0.15, -0.1) is 0 Å². The highest BCUT2D eigenvalue weighted by Crippen LogP contribution is 2.16. The summed E-state index contributed by atoms with van der Waals surface area (Å²) >= 11 is 0. The van der Waals surface area contributed by atoms with E-state index in [4.69, 9.17) is 0 Å². The van der Waals surface area contributed by atoms with Crippen molar-refractivity contribution >= 4 is 11.8 Å². The van der Waals surface area contributed by atoms with Crippen molar-refractivity contribution in [3.8, 4) is 0 Å². The molecule has 0 bridgehead atoms. The second-order valence-electron chi connectivity index (χ2n) is 5.28. The molecule has 1 atom stereocenters. The SMILES string of the molecule is CC(=O)N1CCC(C(=O)NCCCC(C)C)C1. The molecule has 17 heavy (non-hydrogen) atoms. The maximum absolute atomic E-state index is 11.8. The fourth-order valence-electron chi connectivity index (χ4n) is 2.13. The van der Waals surface area contributed by atoms with Gasteiger partial charge in [0.2, 0.25) is 11.8 Å². The van der Waals surface area contributed by atoms with Gasteiger partial charge in [-0.25, -0.2) is 0 Å². The Morgan fingerprint density at radius 1 is 1.41 bits per heavy atom. The van der Waals surface area contributed by atoms with Gasteiger partial charge in [0.05, 0.1) is 5.92 Å². The Bertz CT molecular complexity index is 277. The third-order valence-electron chi connectivity index (χ3n) is 3.26. The summed E-state index contributed by atoms with van der Waals surface area (Å²) in [5.74, 6) is 0.863. The van der Waals surface area contributed by atoms with Gasteiger partial charge >= 0.3 is 0 Å². The number of likely N-dealkylation sites (tertiary alicyclic amines) is 1. The highest BCUT2D eigenvalue weighted by Gasteiger charge is 2.29. The minimum Gasteiger partial charge on any atom is -0.356 e. The van der Waals surface area contributed by atoms with E-state index in [1.807, 2.05) is 0 Å². The molecule has 0 saturated carbocycles. The van der Waals surface area contributed by atoms with Gasteiger partial charge in [-0.05, 0) is 25.2 Å². The Morgan fingerprint density at radius 2 is 2.12 bits per heavy atom. The van der Waals surface area contributed by atoms with Crippen molar-refractivity contribution < 1.29 is 9.59 Å². The molecular weight excluding hydrogens is 216 g/mol. The van der Waals surface area contributed by atoms with E-state index in [-0.39, 0.29) is 17.7 Å². The molecule has 0 radical (unpaired) electrons. The first-order valence-electron chi connectivity index (χ1n) is 6.54. The van der Waals surface area contributed by atoms with Gasteiger partial charge in [-0.2, -0.15) is 0 Å². The zero-order valence-corrected chi connectivity index (χ0v) is 11.2. The molecule has 1 fully saturated rings. The molecule has 1 unspecified atom stereocenters. The number of hydrogen-bond acceptors (Lipinski definition) is 2. The molecule has 0 aromatic heterocycles. The molecule has 0 spiro atoms. The molecule has 0 aromatic carbocycles. The lowest BCUT2D eigenvalue weighted by Crippen LogP contribution is -2.34. The molecular formula is C13H24N2O2. The summed E-state index contributed by atoms with van der Waals surface area (Å²) in [7, 11) is 0. The predicted octanol–water partition coefficient (Wildman–Crippen LogP) is 1.41. The third kappa shape index (κ3) is 4.75. The molecule has 4 heteroatoms. The van der Waals surface area contributed by atoms with Crippen LogP contribution in [0.15, 0.2) is 0 Å². The van der Waals surface area contributed by atoms with Gasteiger partial charge in [0, 0.05) is 26.6 Å². The van der Waals surface area contributed by atoms with Crippen LogP contribution in [0.3, 0.4) is 0 Å². The Morgan fingerprint density at radius 3 is 2.65 bits per heavy atom. The minimum atomic E-state index is -0.00190. The van der Waals surface area contributed by atoms with E-state index in [1.165, 1.54) is 0 Å². The quantitative estimate of drug-likeness (QED) is 0.739. The van der Waals surface area contributed by atoms with Crippen LogP contribution in [0.5, 0.6) is 0 Å². The fourth-order valence-corrected chi connectivity index (χ4v) is 2.13. The van der Waals surface area contributed by atoms with Crippen LogP contribution in [-0.2, 0) is 9.59 Å². The van der Waals surface area contributed by atoms with Crippen LogP contribution in [0.25, 0.3) is 0 Å². The first kappa shape index (κ1) is 14.0. The Balaban J connectivity index is 2.19. The van der Waals surface area contributed by atoms with E-state index in [0.717, 1.165) is 32.4 Å². The summed E-state index contributed by atoms with van der Waals surface area (Å²) in [6, 6.07) is 0. The number of nitrogens with one attached hydrogen (secondary N) is 1. The van der Waals surface area contributed by atoms with Crippen molar-refractivity contribution in [2.45, 2.75) is 40.0 Å². The van der Waals surface area contributed by atoms with E-state index >= 15 is 0 Å². The van der Waals surface area contributed by atoms with Crippen LogP contribution >= 0.6 is 0 Å². The maximum Gasteiger partial charge on any atom is 0.224 e. The van der Waals surface area contributed by atoms with Crippen LogP contribution in [0.1, 0.15) is 40.0 Å². The van der Waals surface area contributed by atoms with Crippen molar-refractivity contribution in [1.82, 2.24) is 10.2 Å². The molecule has 1 aliphatic heterocycles. The van der Waals surface area contributed by atoms with E-state index in [9.17, 15) is 9.59 Å². The zero-order valence-electron chi connectivity index (χ0n) is 11.2. The average Bonchev–Trinajstić information content (AvgIpc) is 2.73. The van der Waals surface area contributed by atoms with Crippen LogP contribution in [0.2, 0.25) is 0 Å². The van der Waals surface area contributed by atoms with Crippen LogP contribution < -0.4 is 5.32 Å². The normalized spacial score (nSPS) is 19.8. The zero-order chi connectivity index (χ0) is 12.8. The fraction of sp³-hybridized carbons (Fsp3) is 0.846. The smallest absolute Gasteiger partial charge is 0.224 e. The van der Waals surface area contributed by atoms with Crippen molar-refractivity contribution in [3.63, 3.8) is 0 Å². The van der Waals surface area contributed by atoms with E-state index < -0.39 is 0 Å². The largest absolute Gasteiger partial charge is 0.356 e. The first-order valence-corrected chi connectivity index (χ1v) is 6.54. The Hall–Kier alpha value is -1.06.